The lowest BCUT2D eigenvalue weighted by Gasteiger charge is -2.23. The molecular weight excluding hydrogens is 389 g/mol. The fourth-order valence-electron chi connectivity index (χ4n) is 3.68. The van der Waals surface area contributed by atoms with Gasteiger partial charge in [-0.3, -0.25) is 0 Å². The smallest absolute Gasteiger partial charge is 0.194 e. The van der Waals surface area contributed by atoms with Crippen LogP contribution in [0.5, 0.6) is 0 Å². The Hall–Kier alpha value is -1.04. The molecule has 8 nitrogen and oxygen atoms in total. The topological polar surface area (TPSA) is 130 Å². The van der Waals surface area contributed by atoms with Crippen LogP contribution >= 0.6 is 22.6 Å². The van der Waals surface area contributed by atoms with Crippen molar-refractivity contribution in [2.24, 2.45) is 11.3 Å². The first-order chi connectivity index (χ1) is 9.99. The molecule has 2 heterocycles. The Labute approximate surface area is 133 Å². The quantitative estimate of drug-likeness (QED) is 0.385. The van der Waals surface area contributed by atoms with Crippen molar-refractivity contribution in [3.63, 3.8) is 0 Å². The number of nitrogens with two attached hydrogens (primary N) is 1. The molecule has 5 N–H and O–H groups in total. The largest absolute Gasteiger partial charge is 0.396 e. The van der Waals surface area contributed by atoms with Crippen LogP contribution in [0.2, 0.25) is 0 Å². The third kappa shape index (κ3) is 1.62. The van der Waals surface area contributed by atoms with Crippen LogP contribution in [0.1, 0.15) is 12.5 Å². The van der Waals surface area contributed by atoms with Crippen molar-refractivity contribution < 1.29 is 15.3 Å². The average Bonchev–Trinajstić information content (AvgIpc) is 2.97. The highest BCUT2D eigenvalue weighted by Crippen LogP contribution is 2.67. The molecule has 0 bridgehead atoms. The highest BCUT2D eigenvalue weighted by Gasteiger charge is 2.71. The van der Waals surface area contributed by atoms with Gasteiger partial charge in [0.15, 0.2) is 15.3 Å². The molecule has 0 spiro atoms. The molecule has 112 valence electrons. The van der Waals surface area contributed by atoms with E-state index in [0.717, 1.165) is 0 Å². The van der Waals surface area contributed by atoms with Crippen molar-refractivity contribution in [3.8, 4) is 0 Å². The fraction of sp³-hybridized carbons (Fsp3) is 0.583. The molecule has 0 aromatic carbocycles. The summed E-state index contributed by atoms with van der Waals surface area (Å²) >= 11 is 1.97. The molecule has 5 atom stereocenters. The summed E-state index contributed by atoms with van der Waals surface area (Å²) in [5.74, 6) is 0.305. The summed E-state index contributed by atoms with van der Waals surface area (Å²) in [5, 5.41) is 30.1. The molecule has 0 radical (unpaired) electrons. The van der Waals surface area contributed by atoms with Crippen molar-refractivity contribution in [2.75, 3.05) is 12.3 Å². The second-order valence-corrected chi connectivity index (χ2v) is 6.79. The van der Waals surface area contributed by atoms with E-state index in [-0.39, 0.29) is 18.6 Å². The van der Waals surface area contributed by atoms with Crippen LogP contribution in [0.25, 0.3) is 11.2 Å². The third-order valence-electron chi connectivity index (χ3n) is 4.89. The molecule has 0 unspecified atom stereocenters. The molecule has 2 aromatic heterocycles. The summed E-state index contributed by atoms with van der Waals surface area (Å²) in [6.07, 6.45) is 0.359. The Bertz CT molecular complexity index is 737. The molecule has 2 saturated carbocycles. The van der Waals surface area contributed by atoms with Crippen molar-refractivity contribution in [1.29, 1.82) is 0 Å². The van der Waals surface area contributed by atoms with Crippen LogP contribution in [0, 0.1) is 15.2 Å². The van der Waals surface area contributed by atoms with Gasteiger partial charge in [0.05, 0.1) is 25.1 Å². The van der Waals surface area contributed by atoms with Crippen LogP contribution in [-0.2, 0) is 0 Å². The summed E-state index contributed by atoms with van der Waals surface area (Å²) in [6.45, 7) is -0.131. The Morgan fingerprint density at radius 1 is 1.43 bits per heavy atom. The van der Waals surface area contributed by atoms with Gasteiger partial charge in [0.1, 0.15) is 11.6 Å². The van der Waals surface area contributed by atoms with Gasteiger partial charge in [-0.25, -0.2) is 15.0 Å². The number of fused-ring (bicyclic) bond motifs is 2. The monoisotopic (exact) mass is 403 g/mol. The van der Waals surface area contributed by atoms with Crippen molar-refractivity contribution in [3.05, 3.63) is 10.2 Å². The van der Waals surface area contributed by atoms with Gasteiger partial charge < -0.3 is 25.6 Å². The first kappa shape index (κ1) is 13.6. The van der Waals surface area contributed by atoms with E-state index in [4.69, 9.17) is 5.73 Å². The van der Waals surface area contributed by atoms with Gasteiger partial charge in [-0.1, -0.05) is 0 Å². The lowest BCUT2D eigenvalue weighted by atomic mass is 10.0. The molecule has 0 aliphatic heterocycles. The number of nitrogens with zero attached hydrogens (tertiary/aromatic N) is 4. The Morgan fingerprint density at radius 2 is 2.19 bits per heavy atom. The second kappa shape index (κ2) is 4.24. The number of hydrogen-bond donors (Lipinski definition) is 4. The van der Waals surface area contributed by atoms with Gasteiger partial charge >= 0.3 is 0 Å². The number of nitrogen functional groups attached to an aromatic ring is 1. The number of hydrogen-bond acceptors (Lipinski definition) is 7. The number of rotatable bonds is 2. The standard InChI is InChI=1S/C12H14IN5O3/c13-11-16-9(14)5-10(17-11)18(3-15-5)6-4-1-12(4,2-19)8(21)7(6)20/h3-4,6-8,19-21H,1-2H2,(H2,14,16,17)/t4-,6-,7+,8+,12+/m1/s1. The number of aromatic nitrogens is 4. The highest BCUT2D eigenvalue weighted by molar-refractivity contribution is 14.1. The van der Waals surface area contributed by atoms with E-state index in [1.165, 1.54) is 0 Å². The molecule has 0 saturated heterocycles. The molecule has 2 aliphatic carbocycles. The zero-order valence-corrected chi connectivity index (χ0v) is 13.0. The molecule has 2 aliphatic rings. The molecule has 4 rings (SSSR count). The minimum absolute atomic E-state index is 0.0127. The van der Waals surface area contributed by atoms with Crippen LogP contribution in [0.15, 0.2) is 6.33 Å². The highest BCUT2D eigenvalue weighted by atomic mass is 127. The van der Waals surface area contributed by atoms with Gasteiger partial charge in [-0.2, -0.15) is 0 Å². The van der Waals surface area contributed by atoms with E-state index in [1.807, 2.05) is 22.6 Å². The SMILES string of the molecule is Nc1nc(I)nc2c1ncn2[C@H]1[C@H](O)[C@H](O)[C@]2(CO)C[C@H]12. The summed E-state index contributed by atoms with van der Waals surface area (Å²) < 4.78 is 2.25. The van der Waals surface area contributed by atoms with Crippen LogP contribution < -0.4 is 5.73 Å². The van der Waals surface area contributed by atoms with Gasteiger partial charge in [-0.05, 0) is 12.3 Å². The van der Waals surface area contributed by atoms with E-state index >= 15 is 0 Å². The lowest BCUT2D eigenvalue weighted by Crippen LogP contribution is -2.35. The Morgan fingerprint density at radius 3 is 2.86 bits per heavy atom. The first-order valence-corrected chi connectivity index (χ1v) is 7.70. The molecule has 21 heavy (non-hydrogen) atoms. The minimum Gasteiger partial charge on any atom is -0.396 e. The van der Waals surface area contributed by atoms with E-state index in [2.05, 4.69) is 15.0 Å². The van der Waals surface area contributed by atoms with Crippen LogP contribution in [0.3, 0.4) is 0 Å². The van der Waals surface area contributed by atoms with Crippen LogP contribution in [0.4, 0.5) is 5.82 Å². The van der Waals surface area contributed by atoms with Crippen molar-refractivity contribution in [1.82, 2.24) is 19.5 Å². The average molecular weight is 403 g/mol. The fourth-order valence-corrected chi connectivity index (χ4v) is 4.17. The second-order valence-electron chi connectivity index (χ2n) is 5.83. The number of aliphatic hydroxyl groups is 3. The predicted octanol–water partition coefficient (Wildman–Crippen LogP) is -0.712. The van der Waals surface area contributed by atoms with Crippen molar-refractivity contribution in [2.45, 2.75) is 24.7 Å². The summed E-state index contributed by atoms with van der Waals surface area (Å²) in [5.41, 5.74) is 6.28. The lowest BCUT2D eigenvalue weighted by molar-refractivity contribution is -0.0300. The molecule has 2 aromatic rings. The van der Waals surface area contributed by atoms with Gasteiger partial charge in [0, 0.05) is 28.0 Å². The Kier molecular flexibility index (Phi) is 2.75. The van der Waals surface area contributed by atoms with Gasteiger partial charge in [0.2, 0.25) is 0 Å². The maximum Gasteiger partial charge on any atom is 0.194 e. The third-order valence-corrected chi connectivity index (χ3v) is 5.37. The molecule has 9 heteroatoms. The maximum atomic E-state index is 10.3. The van der Waals surface area contributed by atoms with Gasteiger partial charge in [-0.15, -0.1) is 0 Å². The number of halogens is 1. The maximum absolute atomic E-state index is 10.3. The van der Waals surface area contributed by atoms with Gasteiger partial charge in [0.25, 0.3) is 0 Å². The number of imidazole rings is 1. The summed E-state index contributed by atoms with van der Waals surface area (Å²) in [6, 6.07) is -0.359. The Balaban J connectivity index is 1.85. The normalized spacial score (nSPS) is 37.9. The molecule has 2 fully saturated rings. The zero-order chi connectivity index (χ0) is 14.9. The number of aliphatic hydroxyl groups excluding tert-OH is 3. The summed E-state index contributed by atoms with van der Waals surface area (Å²) in [7, 11) is 0. The minimum atomic E-state index is -0.956. The van der Waals surface area contributed by atoms with E-state index in [1.54, 1.807) is 10.9 Å². The number of anilines is 1. The van der Waals surface area contributed by atoms with Crippen LogP contribution in [-0.4, -0.2) is 53.7 Å². The van der Waals surface area contributed by atoms with E-state index in [0.29, 0.717) is 27.2 Å². The molecular formula is C12H14IN5O3. The predicted molar refractivity (Wildman–Crippen MR) is 81.1 cm³/mol. The first-order valence-electron chi connectivity index (χ1n) is 6.62. The molecule has 0 amide bonds. The summed E-state index contributed by atoms with van der Waals surface area (Å²) in [4.78, 5) is 12.6. The van der Waals surface area contributed by atoms with E-state index < -0.39 is 17.6 Å². The van der Waals surface area contributed by atoms with Crippen molar-refractivity contribution >= 4 is 39.6 Å². The zero-order valence-electron chi connectivity index (χ0n) is 10.9. The van der Waals surface area contributed by atoms with E-state index in [9.17, 15) is 15.3 Å².